The van der Waals surface area contributed by atoms with E-state index in [9.17, 15) is 0 Å². The smallest absolute Gasteiger partial charge is 0.211 e. The van der Waals surface area contributed by atoms with Gasteiger partial charge in [0.05, 0.1) is 11.6 Å². The maximum atomic E-state index is 9.09. The lowest BCUT2D eigenvalue weighted by Gasteiger charge is -1.72. The Labute approximate surface area is 80.1 Å². The van der Waals surface area contributed by atoms with Gasteiger partial charge in [-0.3, -0.25) is 0 Å². The topological polar surface area (TPSA) is 43.1 Å². The highest BCUT2D eigenvalue weighted by Gasteiger charge is 1.87. The van der Waals surface area contributed by atoms with Gasteiger partial charge in [0.15, 0.2) is 0 Å². The number of hydrogen-bond donors (Lipinski definition) is 0. The van der Waals surface area contributed by atoms with Crippen LogP contribution in [0.5, 0.6) is 0 Å². The summed E-state index contributed by atoms with van der Waals surface area (Å²) in [6.07, 6.45) is 1.50. The maximum Gasteiger partial charge on any atom is 0.211 e. The van der Waals surface area contributed by atoms with Gasteiger partial charge in [-0.25, -0.2) is 4.21 Å². The second kappa shape index (κ2) is 6.91. The first-order chi connectivity index (χ1) is 5.16. The maximum absolute atomic E-state index is 9.09. The Balaban J connectivity index is 0.000000218. The van der Waals surface area contributed by atoms with Crippen LogP contribution in [0.3, 0.4) is 0 Å². The van der Waals surface area contributed by atoms with Crippen molar-refractivity contribution in [1.29, 1.82) is 0 Å². The molecule has 64 valence electrons. The molecule has 0 saturated heterocycles. The first-order valence-electron chi connectivity index (χ1n) is 2.36. The fourth-order valence-corrected chi connectivity index (χ4v) is 0.444. The Kier molecular flexibility index (Phi) is 7.06. The highest BCUT2D eigenvalue weighted by Crippen LogP contribution is 1.96. The number of hydrogen-bond acceptors (Lipinski definition) is 3. The third kappa shape index (κ3) is 8.13. The minimum absolute atomic E-state index is 0.427. The van der Waals surface area contributed by atoms with E-state index in [0.717, 1.165) is 5.69 Å². The van der Waals surface area contributed by atoms with E-state index in [0.29, 0.717) is 5.88 Å². The molecule has 3 nitrogen and oxygen atoms in total. The first kappa shape index (κ1) is 11.2. The van der Waals surface area contributed by atoms with Crippen molar-refractivity contribution in [3.8, 4) is 0 Å². The molecule has 7 heteroatoms. The predicted octanol–water partition coefficient (Wildman–Crippen LogP) is 2.46. The highest BCUT2D eigenvalue weighted by atomic mass is 36.0. The zero-order valence-electron chi connectivity index (χ0n) is 5.17. The van der Waals surface area contributed by atoms with Crippen molar-refractivity contribution in [1.82, 2.24) is 5.16 Å². The third-order valence-electron chi connectivity index (χ3n) is 0.628. The van der Waals surface area contributed by atoms with E-state index in [-0.39, 0.29) is 0 Å². The lowest BCUT2D eigenvalue weighted by molar-refractivity contribution is 0.414. The summed E-state index contributed by atoms with van der Waals surface area (Å²) in [7, 11) is 7.36. The molecule has 0 aliphatic carbocycles. The molecule has 0 aliphatic heterocycles. The van der Waals surface area contributed by atoms with Crippen LogP contribution in [0.4, 0.5) is 0 Å². The molecule has 0 aliphatic rings. The van der Waals surface area contributed by atoms with Gasteiger partial charge in [0.1, 0.15) is 6.26 Å². The summed E-state index contributed by atoms with van der Waals surface area (Å²) in [5.41, 5.74) is 0.779. The monoisotopic (exact) mass is 235 g/mol. The summed E-state index contributed by atoms with van der Waals surface area (Å²) in [6, 6.07) is 1.73. The molecule has 0 N–H and O–H groups in total. The van der Waals surface area contributed by atoms with E-state index in [1.165, 1.54) is 6.26 Å². The fraction of sp³-hybridized carbons (Fsp3) is 0.250. The molecule has 1 aromatic rings. The number of rotatable bonds is 1. The molecule has 11 heavy (non-hydrogen) atoms. The number of alkyl halides is 1. The summed E-state index contributed by atoms with van der Waals surface area (Å²) in [6.45, 7) is 0. The van der Waals surface area contributed by atoms with Crippen LogP contribution in [-0.2, 0) is 15.1 Å². The van der Waals surface area contributed by atoms with E-state index in [4.69, 9.17) is 15.8 Å². The van der Waals surface area contributed by atoms with E-state index < -0.39 is 9.23 Å². The number of nitrogens with zero attached hydrogens (tertiary/aromatic N) is 1. The SMILES string of the molecule is ClCc1ccon1.O=S(Cl)Cl. The van der Waals surface area contributed by atoms with Crippen LogP contribution in [-0.4, -0.2) is 9.37 Å². The predicted molar refractivity (Wildman–Crippen MR) is 45.9 cm³/mol. The fourth-order valence-electron chi connectivity index (χ4n) is 0.306. The second-order valence-corrected chi connectivity index (χ2v) is 4.10. The molecule has 0 spiro atoms. The van der Waals surface area contributed by atoms with Gasteiger partial charge in [-0.15, -0.1) is 11.6 Å². The molecule has 1 rings (SSSR count). The van der Waals surface area contributed by atoms with Crippen LogP contribution < -0.4 is 0 Å². The van der Waals surface area contributed by atoms with Gasteiger partial charge in [0.25, 0.3) is 0 Å². The average molecular weight is 237 g/mol. The van der Waals surface area contributed by atoms with Crippen molar-refractivity contribution < 1.29 is 8.73 Å². The van der Waals surface area contributed by atoms with Gasteiger partial charge in [-0.2, -0.15) is 0 Å². The van der Waals surface area contributed by atoms with Crippen LogP contribution in [0.15, 0.2) is 16.9 Å². The molecule has 0 atom stereocenters. The lowest BCUT2D eigenvalue weighted by atomic mass is 10.5. The lowest BCUT2D eigenvalue weighted by Crippen LogP contribution is -1.70. The molecule has 0 fully saturated rings. The summed E-state index contributed by atoms with van der Waals surface area (Å²) in [5.74, 6) is 0.427. The Morgan fingerprint density at radius 3 is 2.36 bits per heavy atom. The second-order valence-electron chi connectivity index (χ2n) is 1.31. The van der Waals surface area contributed by atoms with Gasteiger partial charge in [0.2, 0.25) is 9.23 Å². The number of aromatic nitrogens is 1. The minimum Gasteiger partial charge on any atom is -0.364 e. The molecule has 0 saturated carbocycles. The summed E-state index contributed by atoms with van der Waals surface area (Å²) >= 11 is 5.35. The molecular weight excluding hydrogens is 232 g/mol. The van der Waals surface area contributed by atoms with Gasteiger partial charge in [-0.1, -0.05) is 5.16 Å². The third-order valence-corrected chi connectivity index (χ3v) is 0.902. The zero-order chi connectivity index (χ0) is 8.69. The summed E-state index contributed by atoms with van der Waals surface area (Å²) < 4.78 is 13.6. The zero-order valence-corrected chi connectivity index (χ0v) is 8.25. The highest BCUT2D eigenvalue weighted by molar-refractivity contribution is 8.26. The van der Waals surface area contributed by atoms with Gasteiger partial charge >= 0.3 is 0 Å². The van der Waals surface area contributed by atoms with E-state index in [1.54, 1.807) is 6.07 Å². The number of halogens is 3. The quantitative estimate of drug-likeness (QED) is 0.556. The van der Waals surface area contributed by atoms with Crippen molar-refractivity contribution >= 4 is 42.2 Å². The summed E-state index contributed by atoms with van der Waals surface area (Å²) in [5, 5.41) is 3.53. The molecule has 0 amide bonds. The molecule has 1 heterocycles. The van der Waals surface area contributed by atoms with Crippen molar-refractivity contribution in [2.45, 2.75) is 5.88 Å². The van der Waals surface area contributed by atoms with E-state index in [2.05, 4.69) is 31.0 Å². The molecule has 0 bridgehead atoms. The van der Waals surface area contributed by atoms with E-state index in [1.807, 2.05) is 0 Å². The minimum atomic E-state index is -1.67. The van der Waals surface area contributed by atoms with Crippen LogP contribution in [0.1, 0.15) is 5.69 Å². The Morgan fingerprint density at radius 2 is 2.18 bits per heavy atom. The van der Waals surface area contributed by atoms with Crippen molar-refractivity contribution in [3.63, 3.8) is 0 Å². The van der Waals surface area contributed by atoms with Crippen molar-refractivity contribution in [2.24, 2.45) is 0 Å². The van der Waals surface area contributed by atoms with Crippen LogP contribution in [0.2, 0.25) is 0 Å². The summed E-state index contributed by atoms with van der Waals surface area (Å²) in [4.78, 5) is 0. The Hall–Kier alpha value is 0.230. The van der Waals surface area contributed by atoms with Gasteiger partial charge in [-0.05, 0) is 0 Å². The van der Waals surface area contributed by atoms with Gasteiger partial charge < -0.3 is 4.52 Å². The Bertz CT molecular complexity index is 199. The van der Waals surface area contributed by atoms with Crippen LogP contribution in [0.25, 0.3) is 0 Å². The van der Waals surface area contributed by atoms with Crippen molar-refractivity contribution in [3.05, 3.63) is 18.0 Å². The van der Waals surface area contributed by atoms with Crippen molar-refractivity contribution in [2.75, 3.05) is 0 Å². The average Bonchev–Trinajstić information content (AvgIpc) is 2.36. The molecule has 1 aromatic heterocycles. The molecule has 0 unspecified atom stereocenters. The molecular formula is C4H4Cl3NO2S. The van der Waals surface area contributed by atoms with Crippen LogP contribution in [0, 0.1) is 0 Å². The normalized spacial score (nSPS) is 9.09. The van der Waals surface area contributed by atoms with Gasteiger partial charge in [0, 0.05) is 27.4 Å². The van der Waals surface area contributed by atoms with Crippen LogP contribution >= 0.6 is 33.0 Å². The Morgan fingerprint density at radius 1 is 1.64 bits per heavy atom. The molecule has 0 aromatic carbocycles. The largest absolute Gasteiger partial charge is 0.364 e. The standard InChI is InChI=1S/C4H4ClNO.Cl2OS/c5-3-4-1-2-7-6-4;1-4(2)3/h1-2H,3H2;. The molecule has 0 radical (unpaired) electrons. The van der Waals surface area contributed by atoms with E-state index >= 15 is 0 Å². The first-order valence-corrected chi connectivity index (χ1v) is 5.70.